The minimum Gasteiger partial charge on any atom is -0.326 e. The molecule has 0 amide bonds. The number of aromatic nitrogens is 1. The number of aromatic amines is 1. The van der Waals surface area contributed by atoms with Crippen LogP contribution in [0.1, 0.15) is 26.7 Å². The van der Waals surface area contributed by atoms with E-state index in [1.54, 1.807) is 11.8 Å². The number of hydrogen-bond donors (Lipinski definition) is 2. The lowest BCUT2D eigenvalue weighted by molar-refractivity contribution is 0.522. The average molecular weight is 339 g/mol. The van der Waals surface area contributed by atoms with E-state index in [0.717, 1.165) is 25.1 Å². The van der Waals surface area contributed by atoms with Crippen LogP contribution in [-0.2, 0) is 10.0 Å². The van der Waals surface area contributed by atoms with Crippen LogP contribution in [0.15, 0.2) is 22.0 Å². The second kappa shape index (κ2) is 6.98. The molecule has 0 saturated heterocycles. The molecule has 20 heavy (non-hydrogen) atoms. The quantitative estimate of drug-likeness (QED) is 0.799. The summed E-state index contributed by atoms with van der Waals surface area (Å²) in [6, 6.07) is 1.15. The van der Waals surface area contributed by atoms with Crippen LogP contribution in [0.3, 0.4) is 0 Å². The van der Waals surface area contributed by atoms with Crippen LogP contribution in [0.2, 0.25) is 5.02 Å². The topological polar surface area (TPSA) is 79.0 Å². The highest BCUT2D eigenvalue weighted by Crippen LogP contribution is 2.30. The molecule has 0 bridgehead atoms. The van der Waals surface area contributed by atoms with Crippen LogP contribution in [0.25, 0.3) is 0 Å². The molecule has 0 aromatic carbocycles. The highest BCUT2D eigenvalue weighted by Gasteiger charge is 2.27. The molecule has 0 unspecified atom stereocenters. The van der Waals surface area contributed by atoms with Crippen LogP contribution in [0.4, 0.5) is 0 Å². The van der Waals surface area contributed by atoms with Gasteiger partial charge in [-0.05, 0) is 25.2 Å². The summed E-state index contributed by atoms with van der Waals surface area (Å²) < 4.78 is 26.8. The molecule has 8 heteroatoms. The number of sulfonamides is 1. The third kappa shape index (κ3) is 4.00. The van der Waals surface area contributed by atoms with E-state index in [2.05, 4.69) is 9.71 Å². The van der Waals surface area contributed by atoms with E-state index >= 15 is 0 Å². The third-order valence-corrected chi connectivity index (χ3v) is 6.70. The van der Waals surface area contributed by atoms with Crippen molar-refractivity contribution in [1.29, 1.82) is 0 Å². The Balaban J connectivity index is 2.95. The number of pyridine rings is 1. The lowest BCUT2D eigenvalue weighted by Crippen LogP contribution is -2.39. The zero-order chi connectivity index (χ0) is 15.4. The van der Waals surface area contributed by atoms with Crippen LogP contribution in [0, 0.1) is 0 Å². The molecule has 0 fully saturated rings. The molecule has 0 spiro atoms. The van der Waals surface area contributed by atoms with Gasteiger partial charge in [0.15, 0.2) is 0 Å². The standard InChI is InChI=1S/C12H19ClN2O3S2/c1-4-12(5-2,19-3)8-15-20(17,18)9-6-10(13)11(16)14-7-9/h6-7,15H,4-5,8H2,1-3H3,(H,14,16). The third-order valence-electron chi connectivity index (χ3n) is 3.45. The van der Waals surface area contributed by atoms with Crippen molar-refractivity contribution in [1.82, 2.24) is 9.71 Å². The first-order chi connectivity index (χ1) is 9.30. The van der Waals surface area contributed by atoms with Crippen molar-refractivity contribution in [3.05, 3.63) is 27.6 Å². The lowest BCUT2D eigenvalue weighted by Gasteiger charge is -2.29. The monoisotopic (exact) mass is 338 g/mol. The Hall–Kier alpha value is -0.500. The maximum atomic E-state index is 12.2. The van der Waals surface area contributed by atoms with Crippen LogP contribution in [0.5, 0.6) is 0 Å². The first-order valence-corrected chi connectivity index (χ1v) is 9.32. The molecule has 0 saturated carbocycles. The Morgan fingerprint density at radius 1 is 1.40 bits per heavy atom. The Bertz CT molecular complexity index is 601. The molecule has 114 valence electrons. The van der Waals surface area contributed by atoms with Crippen molar-refractivity contribution in [3.63, 3.8) is 0 Å². The van der Waals surface area contributed by atoms with E-state index in [9.17, 15) is 13.2 Å². The van der Waals surface area contributed by atoms with Gasteiger partial charge in [-0.1, -0.05) is 25.4 Å². The van der Waals surface area contributed by atoms with E-state index < -0.39 is 15.6 Å². The summed E-state index contributed by atoms with van der Waals surface area (Å²) in [6.07, 6.45) is 4.84. The molecule has 0 aliphatic rings. The predicted molar refractivity (Wildman–Crippen MR) is 84.1 cm³/mol. The van der Waals surface area contributed by atoms with Gasteiger partial charge in [0.2, 0.25) is 10.0 Å². The second-order valence-electron chi connectivity index (χ2n) is 4.43. The molecule has 1 aromatic rings. The summed E-state index contributed by atoms with van der Waals surface area (Å²) in [5.41, 5.74) is -0.508. The van der Waals surface area contributed by atoms with Gasteiger partial charge in [-0.25, -0.2) is 13.1 Å². The summed E-state index contributed by atoms with van der Waals surface area (Å²) in [5, 5.41) is -0.144. The van der Waals surface area contributed by atoms with Crippen molar-refractivity contribution in [2.75, 3.05) is 12.8 Å². The number of halogens is 1. The maximum absolute atomic E-state index is 12.2. The zero-order valence-corrected chi connectivity index (χ0v) is 14.1. The fourth-order valence-corrected chi connectivity index (χ4v) is 4.01. The van der Waals surface area contributed by atoms with E-state index in [1.807, 2.05) is 20.1 Å². The van der Waals surface area contributed by atoms with Crippen molar-refractivity contribution in [2.45, 2.75) is 36.3 Å². The van der Waals surface area contributed by atoms with Gasteiger partial charge in [-0.3, -0.25) is 4.79 Å². The van der Waals surface area contributed by atoms with Crippen molar-refractivity contribution < 1.29 is 8.42 Å². The predicted octanol–water partition coefficient (Wildman–Crippen LogP) is 2.23. The first-order valence-electron chi connectivity index (χ1n) is 6.23. The minimum atomic E-state index is -3.68. The molecule has 2 N–H and O–H groups in total. The number of H-pyrrole nitrogens is 1. The van der Waals surface area contributed by atoms with Gasteiger partial charge < -0.3 is 4.98 Å². The van der Waals surface area contributed by atoms with Gasteiger partial charge in [0.1, 0.15) is 5.02 Å². The minimum absolute atomic E-state index is 0.0377. The average Bonchev–Trinajstić information content (AvgIpc) is 2.44. The van der Waals surface area contributed by atoms with E-state index in [1.165, 1.54) is 0 Å². The lowest BCUT2D eigenvalue weighted by atomic mass is 10.0. The van der Waals surface area contributed by atoms with Gasteiger partial charge in [0.25, 0.3) is 5.56 Å². The van der Waals surface area contributed by atoms with Crippen molar-refractivity contribution in [2.24, 2.45) is 0 Å². The number of nitrogens with one attached hydrogen (secondary N) is 2. The van der Waals surface area contributed by atoms with Crippen LogP contribution in [-0.4, -0.2) is 30.9 Å². The fourth-order valence-electron chi connectivity index (χ4n) is 1.76. The van der Waals surface area contributed by atoms with Gasteiger partial charge >= 0.3 is 0 Å². The molecule has 0 aliphatic heterocycles. The normalized spacial score (nSPS) is 12.6. The molecule has 1 rings (SSSR count). The summed E-state index contributed by atoms with van der Waals surface area (Å²) in [5.74, 6) is 0. The Kier molecular flexibility index (Phi) is 6.12. The number of hydrogen-bond acceptors (Lipinski definition) is 4. The van der Waals surface area contributed by atoms with E-state index in [4.69, 9.17) is 11.6 Å². The molecular formula is C12H19ClN2O3S2. The highest BCUT2D eigenvalue weighted by molar-refractivity contribution is 8.00. The Morgan fingerprint density at radius 2 is 2.00 bits per heavy atom. The van der Waals surface area contributed by atoms with Crippen LogP contribution >= 0.6 is 23.4 Å². The summed E-state index contributed by atoms with van der Waals surface area (Å²) in [4.78, 5) is 13.4. The van der Waals surface area contributed by atoms with Gasteiger partial charge in [0, 0.05) is 17.5 Å². The number of rotatable bonds is 7. The van der Waals surface area contributed by atoms with Gasteiger partial charge in [0.05, 0.1) is 4.90 Å². The molecule has 5 nitrogen and oxygen atoms in total. The Morgan fingerprint density at radius 3 is 2.45 bits per heavy atom. The second-order valence-corrected chi connectivity index (χ2v) is 7.88. The molecule has 0 aliphatic carbocycles. The largest absolute Gasteiger partial charge is 0.326 e. The molecule has 0 radical (unpaired) electrons. The highest BCUT2D eigenvalue weighted by atomic mass is 35.5. The SMILES string of the molecule is CCC(CC)(CNS(=O)(=O)c1c[nH]c(=O)c(Cl)c1)SC. The van der Waals surface area contributed by atoms with Gasteiger partial charge in [-0.2, -0.15) is 11.8 Å². The first kappa shape index (κ1) is 17.6. The Labute approximate surface area is 128 Å². The van der Waals surface area contributed by atoms with E-state index in [0.29, 0.717) is 6.54 Å². The summed E-state index contributed by atoms with van der Waals surface area (Å²) >= 11 is 7.30. The molecule has 0 atom stereocenters. The van der Waals surface area contributed by atoms with Crippen LogP contribution < -0.4 is 10.3 Å². The summed E-state index contributed by atoms with van der Waals surface area (Å²) in [6.45, 7) is 4.40. The van der Waals surface area contributed by atoms with Crippen molar-refractivity contribution >= 4 is 33.4 Å². The molecular weight excluding hydrogens is 320 g/mol. The van der Waals surface area contributed by atoms with Gasteiger partial charge in [-0.15, -0.1) is 0 Å². The smallest absolute Gasteiger partial charge is 0.266 e. The summed E-state index contributed by atoms with van der Waals surface area (Å²) in [7, 11) is -3.68. The maximum Gasteiger partial charge on any atom is 0.266 e. The molecule has 1 heterocycles. The fraction of sp³-hybridized carbons (Fsp3) is 0.583. The molecule has 1 aromatic heterocycles. The van der Waals surface area contributed by atoms with Crippen molar-refractivity contribution in [3.8, 4) is 0 Å². The zero-order valence-electron chi connectivity index (χ0n) is 11.7. The number of thioether (sulfide) groups is 1. The van der Waals surface area contributed by atoms with E-state index in [-0.39, 0.29) is 14.7 Å².